The standard InChI is InChI=1S/C15H23N3OSSi/c1-21(2,3)7-6-19-11-18-9-12-4-5-13-10-20-16-8-14(17-18)15(12)13/h8-9H,4-7,10-11H2,1-3H3. The maximum Gasteiger partial charge on any atom is 0.139 e. The van der Waals surface area contributed by atoms with E-state index in [-0.39, 0.29) is 0 Å². The highest BCUT2D eigenvalue weighted by Crippen LogP contribution is 2.37. The van der Waals surface area contributed by atoms with Gasteiger partial charge in [0.25, 0.3) is 0 Å². The first-order valence-electron chi connectivity index (χ1n) is 7.55. The first-order chi connectivity index (χ1) is 10.0. The third kappa shape index (κ3) is 3.67. The molecular weight excluding hydrogens is 298 g/mol. The molecule has 0 fully saturated rings. The molecule has 0 N–H and O–H groups in total. The van der Waals surface area contributed by atoms with Gasteiger partial charge < -0.3 is 4.74 Å². The van der Waals surface area contributed by atoms with Crippen molar-refractivity contribution in [2.75, 3.05) is 19.1 Å². The van der Waals surface area contributed by atoms with E-state index in [2.05, 4.69) is 35.3 Å². The van der Waals surface area contributed by atoms with E-state index in [1.54, 1.807) is 11.9 Å². The van der Waals surface area contributed by atoms with Gasteiger partial charge in [0.05, 0.1) is 6.21 Å². The Morgan fingerprint density at radius 3 is 3.00 bits per heavy atom. The quantitative estimate of drug-likeness (QED) is 0.440. The van der Waals surface area contributed by atoms with Crippen LogP contribution in [-0.4, -0.2) is 44.1 Å². The largest absolute Gasteiger partial charge is 0.360 e. The molecule has 0 radical (unpaired) electrons. The molecule has 4 nitrogen and oxygen atoms in total. The van der Waals surface area contributed by atoms with Crippen molar-refractivity contribution in [3.63, 3.8) is 0 Å². The van der Waals surface area contributed by atoms with Crippen LogP contribution in [0, 0.1) is 0 Å². The highest BCUT2D eigenvalue weighted by Gasteiger charge is 2.28. The second-order valence-electron chi connectivity index (χ2n) is 6.91. The number of hydrogen-bond donors (Lipinski definition) is 0. The average molecular weight is 322 g/mol. The number of ether oxygens (including phenoxy) is 1. The maximum atomic E-state index is 5.81. The Hall–Kier alpha value is -0.853. The van der Waals surface area contributed by atoms with Crippen LogP contribution in [0.15, 0.2) is 32.4 Å². The Labute approximate surface area is 132 Å². The van der Waals surface area contributed by atoms with Gasteiger partial charge >= 0.3 is 0 Å². The molecule has 0 aromatic rings. The fraction of sp³-hybridized carbons (Fsp3) is 0.600. The molecule has 2 heterocycles. The molecule has 0 saturated carbocycles. The van der Waals surface area contributed by atoms with E-state index in [1.165, 1.54) is 22.8 Å². The van der Waals surface area contributed by atoms with Crippen LogP contribution >= 0.6 is 11.9 Å². The highest BCUT2D eigenvalue weighted by atomic mass is 32.2. The summed E-state index contributed by atoms with van der Waals surface area (Å²) in [6.45, 7) is 8.49. The van der Waals surface area contributed by atoms with E-state index in [0.29, 0.717) is 6.73 Å². The summed E-state index contributed by atoms with van der Waals surface area (Å²) >= 11 is 1.62. The van der Waals surface area contributed by atoms with Crippen LogP contribution in [0.1, 0.15) is 12.8 Å². The number of hydrogen-bond acceptors (Lipinski definition) is 5. The summed E-state index contributed by atoms with van der Waals surface area (Å²) in [6, 6.07) is 1.20. The van der Waals surface area contributed by atoms with Gasteiger partial charge in [0.1, 0.15) is 12.4 Å². The van der Waals surface area contributed by atoms with Crippen molar-refractivity contribution in [3.05, 3.63) is 22.9 Å². The Kier molecular flexibility index (Phi) is 4.38. The van der Waals surface area contributed by atoms with Crippen LogP contribution in [0.2, 0.25) is 25.7 Å². The van der Waals surface area contributed by atoms with Crippen LogP contribution in [0.3, 0.4) is 0 Å². The number of nitrogens with zero attached hydrogens (tertiary/aromatic N) is 3. The van der Waals surface area contributed by atoms with Crippen LogP contribution in [0.5, 0.6) is 0 Å². The van der Waals surface area contributed by atoms with Crippen LogP contribution in [0.25, 0.3) is 0 Å². The van der Waals surface area contributed by atoms with Crippen LogP contribution in [-0.2, 0) is 4.74 Å². The molecule has 3 rings (SSSR count). The van der Waals surface area contributed by atoms with Gasteiger partial charge in [-0.3, -0.25) is 0 Å². The number of hydrazone groups is 1. The van der Waals surface area contributed by atoms with Crippen molar-refractivity contribution in [1.29, 1.82) is 0 Å². The Balaban J connectivity index is 1.64. The van der Waals surface area contributed by atoms with Crippen LogP contribution < -0.4 is 0 Å². The van der Waals surface area contributed by atoms with Gasteiger partial charge in [-0.05, 0) is 42.0 Å². The normalized spacial score (nSPS) is 21.2. The molecule has 0 aromatic carbocycles. The van der Waals surface area contributed by atoms with E-state index < -0.39 is 8.07 Å². The first-order valence-corrected chi connectivity index (χ1v) is 12.2. The van der Waals surface area contributed by atoms with Gasteiger partial charge in [-0.25, -0.2) is 9.41 Å². The van der Waals surface area contributed by atoms with Gasteiger partial charge in [-0.15, -0.1) is 0 Å². The Morgan fingerprint density at radius 1 is 1.33 bits per heavy atom. The first kappa shape index (κ1) is 15.1. The van der Waals surface area contributed by atoms with Gasteiger partial charge in [0.2, 0.25) is 0 Å². The molecule has 0 amide bonds. The van der Waals surface area contributed by atoms with Gasteiger partial charge in [0, 0.05) is 32.2 Å². The molecule has 1 aliphatic carbocycles. The summed E-state index contributed by atoms with van der Waals surface area (Å²) in [4.78, 5) is 0. The van der Waals surface area contributed by atoms with Crippen molar-refractivity contribution >= 4 is 31.9 Å². The number of rotatable bonds is 5. The zero-order valence-corrected chi connectivity index (χ0v) is 14.9. The summed E-state index contributed by atoms with van der Waals surface area (Å²) in [7, 11) is -1.02. The minimum atomic E-state index is -1.02. The van der Waals surface area contributed by atoms with E-state index in [9.17, 15) is 0 Å². The van der Waals surface area contributed by atoms with Crippen molar-refractivity contribution in [1.82, 2.24) is 5.01 Å². The second-order valence-corrected chi connectivity index (χ2v) is 13.3. The smallest absolute Gasteiger partial charge is 0.139 e. The van der Waals surface area contributed by atoms with E-state index >= 15 is 0 Å². The molecule has 0 unspecified atom stereocenters. The second kappa shape index (κ2) is 6.10. The van der Waals surface area contributed by atoms with Crippen molar-refractivity contribution in [2.45, 2.75) is 38.5 Å². The SMILES string of the molecule is C[Si](C)(C)CCOCN1C=C2CCC3=C2C(=N1)C=NSC3. The zero-order chi connectivity index (χ0) is 14.9. The van der Waals surface area contributed by atoms with Crippen molar-refractivity contribution in [3.8, 4) is 0 Å². The molecule has 114 valence electrons. The van der Waals surface area contributed by atoms with E-state index in [1.807, 2.05) is 11.2 Å². The Bertz CT molecular complexity index is 546. The molecule has 21 heavy (non-hydrogen) atoms. The third-order valence-electron chi connectivity index (χ3n) is 3.88. The molecule has 0 atom stereocenters. The molecule has 0 aromatic heterocycles. The molecule has 0 saturated heterocycles. The molecular formula is C15H23N3OSSi. The van der Waals surface area contributed by atoms with Gasteiger partial charge in [-0.2, -0.15) is 5.10 Å². The summed E-state index contributed by atoms with van der Waals surface area (Å²) in [5.74, 6) is 1.01. The molecule has 3 aliphatic rings. The molecule has 0 spiro atoms. The van der Waals surface area contributed by atoms with E-state index in [4.69, 9.17) is 4.74 Å². The van der Waals surface area contributed by atoms with Crippen LogP contribution in [0.4, 0.5) is 0 Å². The topological polar surface area (TPSA) is 37.2 Å². The highest BCUT2D eigenvalue weighted by molar-refractivity contribution is 7.98. The third-order valence-corrected chi connectivity index (χ3v) is 6.31. The lowest BCUT2D eigenvalue weighted by Gasteiger charge is -2.23. The summed E-state index contributed by atoms with van der Waals surface area (Å²) in [5, 5.41) is 6.61. The van der Waals surface area contributed by atoms with E-state index in [0.717, 1.165) is 30.9 Å². The van der Waals surface area contributed by atoms with Gasteiger partial charge in [-0.1, -0.05) is 19.6 Å². The van der Waals surface area contributed by atoms with Gasteiger partial charge in [0.15, 0.2) is 0 Å². The molecule has 2 aliphatic heterocycles. The predicted molar refractivity (Wildman–Crippen MR) is 93.5 cm³/mol. The minimum absolute atomic E-state index is 0.543. The predicted octanol–water partition coefficient (Wildman–Crippen LogP) is 3.68. The number of allylic oxidation sites excluding steroid dienone is 2. The lowest BCUT2D eigenvalue weighted by Crippen LogP contribution is -2.26. The maximum absolute atomic E-state index is 5.81. The average Bonchev–Trinajstić information content (AvgIpc) is 2.70. The minimum Gasteiger partial charge on any atom is -0.360 e. The summed E-state index contributed by atoms with van der Waals surface area (Å²) in [6.07, 6.45) is 6.34. The molecule has 6 heteroatoms. The molecule has 0 bridgehead atoms. The fourth-order valence-electron chi connectivity index (χ4n) is 2.67. The lowest BCUT2D eigenvalue weighted by atomic mass is 10.0. The van der Waals surface area contributed by atoms with Crippen molar-refractivity contribution in [2.24, 2.45) is 9.50 Å². The zero-order valence-electron chi connectivity index (χ0n) is 13.1. The monoisotopic (exact) mass is 321 g/mol. The summed E-state index contributed by atoms with van der Waals surface area (Å²) in [5.41, 5.74) is 5.26. The summed E-state index contributed by atoms with van der Waals surface area (Å²) < 4.78 is 10.2. The Morgan fingerprint density at radius 2 is 2.19 bits per heavy atom. The van der Waals surface area contributed by atoms with Crippen molar-refractivity contribution < 1.29 is 4.74 Å². The lowest BCUT2D eigenvalue weighted by molar-refractivity contribution is 0.0628. The fourth-order valence-corrected chi connectivity index (χ4v) is 4.12.